The largest absolute Gasteiger partial charge is 0.389 e. The Morgan fingerprint density at radius 2 is 2.00 bits per heavy atom. The average molecular weight is 212 g/mol. The van der Waals surface area contributed by atoms with Crippen molar-refractivity contribution in [3.8, 4) is 0 Å². The molecule has 0 spiro atoms. The number of hydrogen-bond acceptors (Lipinski definition) is 3. The molecule has 0 saturated carbocycles. The number of aromatic nitrogens is 1. The monoisotopic (exact) mass is 212 g/mol. The normalized spacial score (nSPS) is 10.7. The van der Waals surface area contributed by atoms with Crippen LogP contribution in [0.2, 0.25) is 0 Å². The smallest absolute Gasteiger partial charge is 0.109 e. The highest BCUT2D eigenvalue weighted by molar-refractivity contribution is 7.15. The van der Waals surface area contributed by atoms with Gasteiger partial charge in [-0.25, -0.2) is 4.98 Å². The fourth-order valence-corrected chi connectivity index (χ4v) is 2.28. The van der Waals surface area contributed by atoms with Crippen LogP contribution in [0.25, 0.3) is 0 Å². The van der Waals surface area contributed by atoms with E-state index in [0.717, 1.165) is 23.5 Å². The standard InChI is InChI=1S/C11H20N2S/c1-3-5-6-7-8-9-11(12)14-10(4-2)13-9/h3-8,12H2,1-2H3. The van der Waals surface area contributed by atoms with Crippen LogP contribution in [0.4, 0.5) is 5.00 Å². The van der Waals surface area contributed by atoms with Crippen molar-refractivity contribution in [2.75, 3.05) is 5.73 Å². The second-order valence-corrected chi connectivity index (χ2v) is 4.70. The Kier molecular flexibility index (Phi) is 4.94. The summed E-state index contributed by atoms with van der Waals surface area (Å²) in [5.74, 6) is 0. The van der Waals surface area contributed by atoms with Gasteiger partial charge in [0.05, 0.1) is 10.7 Å². The first kappa shape index (κ1) is 11.5. The van der Waals surface area contributed by atoms with E-state index in [1.165, 1.54) is 30.7 Å². The number of thiazole rings is 1. The first-order chi connectivity index (χ1) is 6.77. The van der Waals surface area contributed by atoms with Crippen LogP contribution in [0, 0.1) is 0 Å². The van der Waals surface area contributed by atoms with Crippen molar-refractivity contribution in [3.63, 3.8) is 0 Å². The van der Waals surface area contributed by atoms with E-state index in [1.54, 1.807) is 11.3 Å². The summed E-state index contributed by atoms with van der Waals surface area (Å²) in [6.45, 7) is 4.35. The molecule has 3 heteroatoms. The Morgan fingerprint density at radius 1 is 1.21 bits per heavy atom. The highest BCUT2D eigenvalue weighted by atomic mass is 32.1. The van der Waals surface area contributed by atoms with Crippen LogP contribution in [-0.2, 0) is 12.8 Å². The van der Waals surface area contributed by atoms with Gasteiger partial charge in [0, 0.05) is 0 Å². The van der Waals surface area contributed by atoms with Gasteiger partial charge in [-0.05, 0) is 19.3 Å². The molecular weight excluding hydrogens is 192 g/mol. The third kappa shape index (κ3) is 3.29. The van der Waals surface area contributed by atoms with E-state index in [-0.39, 0.29) is 0 Å². The Morgan fingerprint density at radius 3 is 2.57 bits per heavy atom. The molecule has 0 aliphatic rings. The first-order valence-corrected chi connectivity index (χ1v) is 6.33. The van der Waals surface area contributed by atoms with Crippen molar-refractivity contribution in [2.45, 2.75) is 52.4 Å². The minimum Gasteiger partial charge on any atom is -0.389 e. The number of nitrogens with two attached hydrogens (primary N) is 1. The molecule has 14 heavy (non-hydrogen) atoms. The van der Waals surface area contributed by atoms with Crippen molar-refractivity contribution >= 4 is 16.3 Å². The molecule has 2 N–H and O–H groups in total. The fourth-order valence-electron chi connectivity index (χ4n) is 1.46. The number of nitrogen functional groups attached to an aromatic ring is 1. The minimum absolute atomic E-state index is 0.929. The van der Waals surface area contributed by atoms with Gasteiger partial charge in [-0.2, -0.15) is 0 Å². The Bertz CT molecular complexity index is 268. The van der Waals surface area contributed by atoms with Gasteiger partial charge in [-0.3, -0.25) is 0 Å². The Balaban J connectivity index is 2.38. The first-order valence-electron chi connectivity index (χ1n) is 5.52. The van der Waals surface area contributed by atoms with Crippen LogP contribution in [0.15, 0.2) is 0 Å². The molecule has 1 heterocycles. The summed E-state index contributed by atoms with van der Waals surface area (Å²) in [6.07, 6.45) is 7.20. The molecule has 0 fully saturated rings. The van der Waals surface area contributed by atoms with Crippen molar-refractivity contribution < 1.29 is 0 Å². The third-order valence-electron chi connectivity index (χ3n) is 2.34. The van der Waals surface area contributed by atoms with Crippen LogP contribution in [0.1, 0.15) is 50.2 Å². The lowest BCUT2D eigenvalue weighted by Crippen LogP contribution is -1.92. The molecule has 0 aliphatic heterocycles. The minimum atomic E-state index is 0.929. The molecule has 0 bridgehead atoms. The number of nitrogens with zero attached hydrogens (tertiary/aromatic N) is 1. The van der Waals surface area contributed by atoms with Gasteiger partial charge in [0.1, 0.15) is 5.00 Å². The van der Waals surface area contributed by atoms with Crippen LogP contribution >= 0.6 is 11.3 Å². The van der Waals surface area contributed by atoms with E-state index in [9.17, 15) is 0 Å². The topological polar surface area (TPSA) is 38.9 Å². The number of unbranched alkanes of at least 4 members (excludes halogenated alkanes) is 3. The molecule has 0 saturated heterocycles. The van der Waals surface area contributed by atoms with Crippen molar-refractivity contribution in [1.82, 2.24) is 4.98 Å². The lowest BCUT2D eigenvalue weighted by Gasteiger charge is -1.97. The van der Waals surface area contributed by atoms with E-state index in [4.69, 9.17) is 5.73 Å². The van der Waals surface area contributed by atoms with Crippen LogP contribution < -0.4 is 5.73 Å². The molecule has 0 aromatic carbocycles. The number of anilines is 1. The molecule has 2 nitrogen and oxygen atoms in total. The zero-order chi connectivity index (χ0) is 10.4. The second kappa shape index (κ2) is 6.02. The maximum atomic E-state index is 5.89. The van der Waals surface area contributed by atoms with E-state index in [2.05, 4.69) is 18.8 Å². The summed E-state index contributed by atoms with van der Waals surface area (Å²) in [6, 6.07) is 0. The molecule has 1 aromatic rings. The zero-order valence-corrected chi connectivity index (χ0v) is 9.99. The maximum Gasteiger partial charge on any atom is 0.109 e. The molecule has 0 aliphatic carbocycles. The maximum absolute atomic E-state index is 5.89. The van der Waals surface area contributed by atoms with Gasteiger partial charge in [0.2, 0.25) is 0 Å². The highest BCUT2D eigenvalue weighted by Crippen LogP contribution is 2.23. The second-order valence-electron chi connectivity index (χ2n) is 3.58. The fraction of sp³-hybridized carbons (Fsp3) is 0.727. The average Bonchev–Trinajstić information content (AvgIpc) is 2.54. The predicted octanol–water partition coefficient (Wildman–Crippen LogP) is 3.41. The van der Waals surface area contributed by atoms with Gasteiger partial charge < -0.3 is 5.73 Å². The van der Waals surface area contributed by atoms with Crippen molar-refractivity contribution in [3.05, 3.63) is 10.7 Å². The van der Waals surface area contributed by atoms with Crippen molar-refractivity contribution in [2.24, 2.45) is 0 Å². The molecule has 0 amide bonds. The van der Waals surface area contributed by atoms with Crippen LogP contribution in [0.3, 0.4) is 0 Å². The van der Waals surface area contributed by atoms with Gasteiger partial charge in [-0.1, -0.05) is 33.1 Å². The summed E-state index contributed by atoms with van der Waals surface area (Å²) >= 11 is 1.64. The molecule has 1 rings (SSSR count). The van der Waals surface area contributed by atoms with Crippen molar-refractivity contribution in [1.29, 1.82) is 0 Å². The van der Waals surface area contributed by atoms with Gasteiger partial charge in [0.25, 0.3) is 0 Å². The number of hydrogen-bond donors (Lipinski definition) is 1. The molecule has 0 radical (unpaired) electrons. The summed E-state index contributed by atoms with van der Waals surface area (Å²) < 4.78 is 0. The summed E-state index contributed by atoms with van der Waals surface area (Å²) in [4.78, 5) is 4.52. The number of rotatable bonds is 6. The molecule has 1 aromatic heterocycles. The summed E-state index contributed by atoms with van der Waals surface area (Å²) in [5.41, 5.74) is 7.02. The quantitative estimate of drug-likeness (QED) is 0.734. The number of aryl methyl sites for hydroxylation is 2. The molecule has 0 unspecified atom stereocenters. The van der Waals surface area contributed by atoms with Crippen LogP contribution in [0.5, 0.6) is 0 Å². The zero-order valence-electron chi connectivity index (χ0n) is 9.18. The van der Waals surface area contributed by atoms with E-state index < -0.39 is 0 Å². The lowest BCUT2D eigenvalue weighted by atomic mass is 10.1. The highest BCUT2D eigenvalue weighted by Gasteiger charge is 2.06. The third-order valence-corrected chi connectivity index (χ3v) is 3.41. The summed E-state index contributed by atoms with van der Waals surface area (Å²) in [5, 5.41) is 2.10. The SMILES string of the molecule is CCCCCCc1nc(CC)sc1N. The van der Waals surface area contributed by atoms with Gasteiger partial charge >= 0.3 is 0 Å². The van der Waals surface area contributed by atoms with Gasteiger partial charge in [0.15, 0.2) is 0 Å². The summed E-state index contributed by atoms with van der Waals surface area (Å²) in [7, 11) is 0. The lowest BCUT2D eigenvalue weighted by molar-refractivity contribution is 0.662. The van der Waals surface area contributed by atoms with Crippen LogP contribution in [-0.4, -0.2) is 4.98 Å². The Labute approximate surface area is 90.6 Å². The van der Waals surface area contributed by atoms with E-state index in [1.807, 2.05) is 0 Å². The molecule has 0 atom stereocenters. The predicted molar refractivity (Wildman–Crippen MR) is 63.8 cm³/mol. The molecule has 80 valence electrons. The van der Waals surface area contributed by atoms with E-state index in [0.29, 0.717) is 0 Å². The Hall–Kier alpha value is -0.570. The van der Waals surface area contributed by atoms with E-state index >= 15 is 0 Å². The van der Waals surface area contributed by atoms with Gasteiger partial charge in [-0.15, -0.1) is 11.3 Å². The molecular formula is C11H20N2S.